The lowest BCUT2D eigenvalue weighted by Crippen LogP contribution is -2.41. The van der Waals surface area contributed by atoms with E-state index in [4.69, 9.17) is 37.4 Å². The predicted octanol–water partition coefficient (Wildman–Crippen LogP) is 6.76. The highest BCUT2D eigenvalue weighted by atomic mass is 35.5. The van der Waals surface area contributed by atoms with Crippen molar-refractivity contribution in [2.45, 2.75) is 32.7 Å². The largest absolute Gasteiger partial charge is 0.490 e. The average Bonchev–Trinajstić information content (AvgIpc) is 3.31. The minimum absolute atomic E-state index is 0.00267. The van der Waals surface area contributed by atoms with Crippen LogP contribution in [0.5, 0.6) is 11.5 Å². The molecule has 0 aliphatic carbocycles. The van der Waals surface area contributed by atoms with Gasteiger partial charge in [0.05, 0.1) is 34.4 Å². The van der Waals surface area contributed by atoms with Crippen molar-refractivity contribution in [1.29, 1.82) is 0 Å². The first-order valence-electron chi connectivity index (χ1n) is 13.8. The summed E-state index contributed by atoms with van der Waals surface area (Å²) >= 11 is 13.3. The molecule has 240 valence electrons. The molecule has 0 saturated carbocycles. The van der Waals surface area contributed by atoms with Gasteiger partial charge in [-0.15, -0.1) is 0 Å². The van der Waals surface area contributed by atoms with Gasteiger partial charge in [-0.25, -0.2) is 14.2 Å². The Hall–Kier alpha value is -4.13. The van der Waals surface area contributed by atoms with Gasteiger partial charge in [-0.3, -0.25) is 9.36 Å². The number of benzene rings is 3. The van der Waals surface area contributed by atoms with Gasteiger partial charge in [-0.1, -0.05) is 64.9 Å². The third-order valence-electron chi connectivity index (χ3n) is 6.74. The lowest BCUT2D eigenvalue weighted by atomic mass is 9.95. The third kappa shape index (κ3) is 6.84. The van der Waals surface area contributed by atoms with E-state index in [1.807, 2.05) is 0 Å². The Morgan fingerprint density at radius 2 is 1.76 bits per heavy atom. The fraction of sp³-hybridized carbons (Fsp3) is 0.219. The maximum Gasteiger partial charge on any atom is 0.434 e. The number of allylic oxidation sites excluding steroid dienone is 1. The number of aromatic nitrogens is 1. The van der Waals surface area contributed by atoms with E-state index < -0.39 is 40.8 Å². The van der Waals surface area contributed by atoms with E-state index >= 15 is 0 Å². The number of halogens is 6. The fourth-order valence-electron chi connectivity index (χ4n) is 4.79. The van der Waals surface area contributed by atoms with Crippen LogP contribution in [0, 0.1) is 5.82 Å². The number of carbonyl (C=O) groups is 1. The number of carbonyl (C=O) groups excluding carboxylic acids is 1. The lowest BCUT2D eigenvalue weighted by molar-refractivity contribution is -0.140. The van der Waals surface area contributed by atoms with Crippen LogP contribution >= 0.6 is 34.5 Å². The van der Waals surface area contributed by atoms with Gasteiger partial charge in [0, 0.05) is 10.6 Å². The summed E-state index contributed by atoms with van der Waals surface area (Å²) in [6.07, 6.45) is -3.63. The molecule has 0 amide bonds. The molecule has 0 unspecified atom stereocenters. The van der Waals surface area contributed by atoms with Crippen molar-refractivity contribution in [3.05, 3.63) is 124 Å². The topological polar surface area (TPSA) is 79.1 Å². The van der Waals surface area contributed by atoms with E-state index in [9.17, 15) is 27.2 Å². The monoisotopic (exact) mass is 694 g/mol. The first-order chi connectivity index (χ1) is 21.9. The fourth-order valence-corrected chi connectivity index (χ4v) is 6.19. The number of nitrogens with zero attached hydrogens (tertiary/aromatic N) is 2. The van der Waals surface area contributed by atoms with Crippen LogP contribution in [0.2, 0.25) is 10.0 Å². The molecule has 0 radical (unpaired) electrons. The quantitative estimate of drug-likeness (QED) is 0.143. The van der Waals surface area contributed by atoms with Crippen molar-refractivity contribution in [2.75, 3.05) is 13.2 Å². The summed E-state index contributed by atoms with van der Waals surface area (Å²) in [6.45, 7) is 3.06. The molecule has 2 heterocycles. The first-order valence-corrected chi connectivity index (χ1v) is 15.4. The van der Waals surface area contributed by atoms with E-state index in [0.29, 0.717) is 27.5 Å². The van der Waals surface area contributed by atoms with E-state index in [-0.39, 0.29) is 51.2 Å². The number of thiazole rings is 1. The van der Waals surface area contributed by atoms with Gasteiger partial charge in [0.25, 0.3) is 5.56 Å². The van der Waals surface area contributed by atoms with E-state index in [0.717, 1.165) is 4.57 Å². The second-order valence-corrected chi connectivity index (χ2v) is 11.6. The number of hydrogen-bond acceptors (Lipinski definition) is 7. The van der Waals surface area contributed by atoms with Crippen molar-refractivity contribution in [1.82, 2.24) is 4.57 Å². The van der Waals surface area contributed by atoms with Crippen LogP contribution in [0.3, 0.4) is 0 Å². The molecule has 0 spiro atoms. The second kappa shape index (κ2) is 13.7. The van der Waals surface area contributed by atoms with Crippen molar-refractivity contribution in [2.24, 2.45) is 4.99 Å². The molecular formula is C32H24Cl2F4N2O5S. The zero-order valence-corrected chi connectivity index (χ0v) is 26.5. The van der Waals surface area contributed by atoms with Crippen LogP contribution in [-0.2, 0) is 16.1 Å². The maximum absolute atomic E-state index is 14.4. The van der Waals surface area contributed by atoms with Crippen LogP contribution in [-0.4, -0.2) is 29.9 Å². The van der Waals surface area contributed by atoms with Crippen molar-refractivity contribution < 1.29 is 36.6 Å². The molecular weight excluding hydrogens is 671 g/mol. The summed E-state index contributed by atoms with van der Waals surface area (Å²) in [5, 5.41) is 0.390. The van der Waals surface area contributed by atoms with Gasteiger partial charge in [0.2, 0.25) is 0 Å². The smallest absolute Gasteiger partial charge is 0.434 e. The molecule has 0 saturated heterocycles. The molecule has 4 aromatic rings. The highest BCUT2D eigenvalue weighted by molar-refractivity contribution is 7.07. The third-order valence-corrected chi connectivity index (χ3v) is 8.26. The Kier molecular flexibility index (Phi) is 9.90. The summed E-state index contributed by atoms with van der Waals surface area (Å²) in [4.78, 5) is 30.4. The molecule has 0 bridgehead atoms. The number of ether oxygens (including phenoxy) is 3. The van der Waals surface area contributed by atoms with Gasteiger partial charge < -0.3 is 14.2 Å². The molecule has 1 aliphatic rings. The number of alkyl halides is 3. The van der Waals surface area contributed by atoms with Gasteiger partial charge in [-0.05, 0) is 61.4 Å². The van der Waals surface area contributed by atoms with Gasteiger partial charge >= 0.3 is 12.1 Å². The summed E-state index contributed by atoms with van der Waals surface area (Å²) in [6, 6.07) is 13.3. The molecule has 1 aliphatic heterocycles. The molecule has 7 nitrogen and oxygen atoms in total. The molecule has 14 heteroatoms. The summed E-state index contributed by atoms with van der Waals surface area (Å²) < 4.78 is 74.7. The molecule has 46 heavy (non-hydrogen) atoms. The Morgan fingerprint density at radius 3 is 2.41 bits per heavy atom. The van der Waals surface area contributed by atoms with Crippen LogP contribution in [0.15, 0.2) is 81.7 Å². The lowest BCUT2D eigenvalue weighted by Gasteiger charge is -2.26. The Bertz CT molecular complexity index is 2010. The standard InChI is InChI=1S/C32H24Cl2F4N2O5S/c1-3-43-23-14-17(13-21(34)27(23)45-16-19-7-5-6-8-22(19)35)15-24-29(41)40-26(18-9-11-20(33)12-10-18)25(30(42)44-4-2)28(32(36,37)38)39-31(40)46-24/h5-15,26H,3-4,16H2,1-2H3/b24-15-/t26-/m1/s1. The van der Waals surface area contributed by atoms with E-state index in [1.165, 1.54) is 55.5 Å². The SMILES string of the molecule is CCOC(=O)C1=C(C(F)(F)F)N=c2s/c(=C\c3cc(Cl)c(OCc4ccccc4F)c(OCC)c3)c(=O)n2[C@@H]1c1ccc(Cl)cc1. The van der Waals surface area contributed by atoms with Gasteiger partial charge in [-0.2, -0.15) is 13.2 Å². The zero-order chi connectivity index (χ0) is 33.2. The highest BCUT2D eigenvalue weighted by Gasteiger charge is 2.45. The Morgan fingerprint density at radius 1 is 1.04 bits per heavy atom. The average molecular weight is 696 g/mol. The van der Waals surface area contributed by atoms with Gasteiger partial charge in [0.1, 0.15) is 12.4 Å². The Labute approximate surface area is 273 Å². The van der Waals surface area contributed by atoms with E-state index in [2.05, 4.69) is 4.99 Å². The van der Waals surface area contributed by atoms with Crippen molar-refractivity contribution in [3.8, 4) is 11.5 Å². The number of fused-ring (bicyclic) bond motifs is 1. The van der Waals surface area contributed by atoms with Gasteiger partial charge in [0.15, 0.2) is 22.0 Å². The highest BCUT2D eigenvalue weighted by Crippen LogP contribution is 2.39. The Balaban J connectivity index is 1.65. The molecule has 1 atom stereocenters. The molecule has 1 aromatic heterocycles. The molecule has 0 N–H and O–H groups in total. The first kappa shape index (κ1) is 33.2. The van der Waals surface area contributed by atoms with E-state index in [1.54, 1.807) is 25.1 Å². The summed E-state index contributed by atoms with van der Waals surface area (Å²) in [7, 11) is 0. The second-order valence-electron chi connectivity index (χ2n) is 9.76. The maximum atomic E-state index is 14.4. The van der Waals surface area contributed by atoms with Crippen LogP contribution in [0.4, 0.5) is 17.6 Å². The number of esters is 1. The minimum atomic E-state index is -5.04. The predicted molar refractivity (Wildman–Crippen MR) is 166 cm³/mol. The molecule has 0 fully saturated rings. The number of hydrogen-bond donors (Lipinski definition) is 0. The molecule has 3 aromatic carbocycles. The van der Waals surface area contributed by atoms with Crippen LogP contribution in [0.1, 0.15) is 36.6 Å². The normalized spacial score (nSPS) is 15.0. The number of rotatable bonds is 9. The molecule has 5 rings (SSSR count). The van der Waals surface area contributed by atoms with Crippen molar-refractivity contribution >= 4 is 46.6 Å². The van der Waals surface area contributed by atoms with Crippen LogP contribution in [0.25, 0.3) is 6.08 Å². The van der Waals surface area contributed by atoms with Crippen LogP contribution < -0.4 is 24.4 Å². The van der Waals surface area contributed by atoms with Crippen molar-refractivity contribution in [3.63, 3.8) is 0 Å². The zero-order valence-electron chi connectivity index (χ0n) is 24.2. The summed E-state index contributed by atoms with van der Waals surface area (Å²) in [5.74, 6) is -1.37. The summed E-state index contributed by atoms with van der Waals surface area (Å²) in [5.41, 5.74) is -2.15. The minimum Gasteiger partial charge on any atom is -0.490 e.